The number of halogens is 1. The zero-order valence-corrected chi connectivity index (χ0v) is 20.1. The maximum Gasteiger partial charge on any atom is 0.227 e. The number of benzene rings is 1. The normalized spacial score (nSPS) is 19.3. The van der Waals surface area contributed by atoms with Crippen molar-refractivity contribution in [3.63, 3.8) is 0 Å². The van der Waals surface area contributed by atoms with Crippen LogP contribution in [0.5, 0.6) is 0 Å². The highest BCUT2D eigenvalue weighted by Crippen LogP contribution is 2.27. The molecular formula is C22H31IN6O. The number of carbonyl (C=O) groups excluding carboxylic acids is 1. The van der Waals surface area contributed by atoms with E-state index in [0.717, 1.165) is 56.2 Å². The molecule has 1 aromatic carbocycles. The zero-order valence-electron chi connectivity index (χ0n) is 17.8. The van der Waals surface area contributed by atoms with E-state index < -0.39 is 0 Å². The summed E-state index contributed by atoms with van der Waals surface area (Å²) in [5.41, 5.74) is 3.45. The van der Waals surface area contributed by atoms with Crippen molar-refractivity contribution in [1.82, 2.24) is 20.0 Å². The van der Waals surface area contributed by atoms with Crippen LogP contribution >= 0.6 is 24.0 Å². The summed E-state index contributed by atoms with van der Waals surface area (Å²) in [4.78, 5) is 21.0. The van der Waals surface area contributed by atoms with Gasteiger partial charge < -0.3 is 15.1 Å². The van der Waals surface area contributed by atoms with Crippen LogP contribution in [-0.2, 0) is 18.4 Å². The molecule has 2 saturated heterocycles. The van der Waals surface area contributed by atoms with Gasteiger partial charge in [0.15, 0.2) is 5.96 Å². The first kappa shape index (κ1) is 22.6. The maximum atomic E-state index is 11.9. The van der Waals surface area contributed by atoms with Gasteiger partial charge in [0, 0.05) is 57.4 Å². The molecule has 30 heavy (non-hydrogen) atoms. The number of guanidine groups is 1. The van der Waals surface area contributed by atoms with Crippen molar-refractivity contribution in [2.24, 2.45) is 12.0 Å². The summed E-state index contributed by atoms with van der Waals surface area (Å²) in [6, 6.07) is 8.23. The van der Waals surface area contributed by atoms with E-state index in [1.54, 1.807) is 0 Å². The minimum atomic E-state index is 0. The summed E-state index contributed by atoms with van der Waals surface area (Å²) >= 11 is 0. The molecule has 2 aromatic rings. The van der Waals surface area contributed by atoms with Gasteiger partial charge >= 0.3 is 0 Å². The quantitative estimate of drug-likeness (QED) is 0.373. The lowest BCUT2D eigenvalue weighted by atomic mass is 10.0. The van der Waals surface area contributed by atoms with Crippen molar-refractivity contribution in [3.05, 3.63) is 47.8 Å². The van der Waals surface area contributed by atoms with E-state index in [1.165, 1.54) is 5.56 Å². The zero-order chi connectivity index (χ0) is 20.2. The Morgan fingerprint density at radius 3 is 2.70 bits per heavy atom. The molecule has 0 spiro atoms. The van der Waals surface area contributed by atoms with Crippen LogP contribution in [0.2, 0.25) is 0 Å². The first-order chi connectivity index (χ1) is 14.1. The van der Waals surface area contributed by atoms with E-state index in [-0.39, 0.29) is 29.9 Å². The Morgan fingerprint density at radius 2 is 2.07 bits per heavy atom. The first-order valence-corrected chi connectivity index (χ1v) is 10.5. The fourth-order valence-electron chi connectivity index (χ4n) is 4.17. The molecule has 162 valence electrons. The number of nitrogens with zero attached hydrogens (tertiary/aromatic N) is 5. The first-order valence-electron chi connectivity index (χ1n) is 10.5. The fraction of sp³-hybridized carbons (Fsp3) is 0.500. The fourth-order valence-corrected chi connectivity index (χ4v) is 4.17. The van der Waals surface area contributed by atoms with Gasteiger partial charge in [0.25, 0.3) is 0 Å². The molecule has 0 aliphatic carbocycles. The number of amides is 1. The third kappa shape index (κ3) is 5.14. The smallest absolute Gasteiger partial charge is 0.227 e. The molecule has 2 aliphatic heterocycles. The number of rotatable bonds is 5. The molecular weight excluding hydrogens is 491 g/mol. The molecule has 0 bridgehead atoms. The molecule has 3 heterocycles. The van der Waals surface area contributed by atoms with Crippen LogP contribution in [0.3, 0.4) is 0 Å². The molecule has 8 heteroatoms. The Balaban J connectivity index is 0.00000256. The van der Waals surface area contributed by atoms with Crippen LogP contribution in [0.15, 0.2) is 41.7 Å². The summed E-state index contributed by atoms with van der Waals surface area (Å²) in [6.07, 6.45) is 6.82. The summed E-state index contributed by atoms with van der Waals surface area (Å²) in [7, 11) is 1.96. The topological polar surface area (TPSA) is 65.8 Å². The third-order valence-corrected chi connectivity index (χ3v) is 5.75. The Kier molecular flexibility index (Phi) is 7.74. The molecule has 4 rings (SSSR count). The summed E-state index contributed by atoms with van der Waals surface area (Å²) in [5, 5.41) is 7.75. The predicted molar refractivity (Wildman–Crippen MR) is 130 cm³/mol. The van der Waals surface area contributed by atoms with Crippen molar-refractivity contribution >= 4 is 41.5 Å². The summed E-state index contributed by atoms with van der Waals surface area (Å²) in [6.45, 7) is 6.38. The average molecular weight is 522 g/mol. The lowest BCUT2D eigenvalue weighted by Crippen LogP contribution is -2.40. The van der Waals surface area contributed by atoms with Crippen LogP contribution in [-0.4, -0.2) is 52.7 Å². The van der Waals surface area contributed by atoms with Crippen molar-refractivity contribution in [3.8, 4) is 0 Å². The predicted octanol–water partition coefficient (Wildman–Crippen LogP) is 3.12. The van der Waals surface area contributed by atoms with Gasteiger partial charge in [-0.1, -0.05) is 12.1 Å². The van der Waals surface area contributed by atoms with E-state index in [0.29, 0.717) is 18.9 Å². The van der Waals surface area contributed by atoms with Crippen LogP contribution in [0.25, 0.3) is 0 Å². The second-order valence-electron chi connectivity index (χ2n) is 7.86. The average Bonchev–Trinajstić information content (AvgIpc) is 3.46. The highest BCUT2D eigenvalue weighted by molar-refractivity contribution is 14.0. The van der Waals surface area contributed by atoms with Gasteiger partial charge in [0.2, 0.25) is 5.91 Å². The van der Waals surface area contributed by atoms with Gasteiger partial charge in [-0.3, -0.25) is 9.48 Å². The number of hydrogen-bond acceptors (Lipinski definition) is 3. The van der Waals surface area contributed by atoms with Crippen LogP contribution in [0.4, 0.5) is 5.69 Å². The number of carbonyl (C=O) groups is 1. The minimum Gasteiger partial charge on any atom is -0.357 e. The molecule has 1 amide bonds. The van der Waals surface area contributed by atoms with Crippen molar-refractivity contribution in [1.29, 1.82) is 0 Å². The molecule has 0 saturated carbocycles. The Hall–Kier alpha value is -2.10. The molecule has 1 N–H and O–H groups in total. The molecule has 1 atom stereocenters. The number of aromatic nitrogens is 2. The van der Waals surface area contributed by atoms with E-state index in [2.05, 4.69) is 40.6 Å². The van der Waals surface area contributed by atoms with Crippen LogP contribution < -0.4 is 10.2 Å². The highest BCUT2D eigenvalue weighted by Gasteiger charge is 2.27. The molecule has 1 aromatic heterocycles. The Bertz CT molecular complexity index is 878. The number of likely N-dealkylation sites (tertiary alicyclic amines) is 1. The van der Waals surface area contributed by atoms with Gasteiger partial charge in [0.05, 0.1) is 12.7 Å². The molecule has 7 nitrogen and oxygen atoms in total. The second kappa shape index (κ2) is 10.3. The van der Waals surface area contributed by atoms with Crippen LogP contribution in [0, 0.1) is 0 Å². The Morgan fingerprint density at radius 1 is 1.27 bits per heavy atom. The lowest BCUT2D eigenvalue weighted by Gasteiger charge is -2.21. The summed E-state index contributed by atoms with van der Waals surface area (Å²) in [5.74, 6) is 1.70. The van der Waals surface area contributed by atoms with Crippen LogP contribution in [0.1, 0.15) is 43.2 Å². The number of hydrogen-bond donors (Lipinski definition) is 1. The largest absolute Gasteiger partial charge is 0.357 e. The standard InChI is InChI=1S/C22H30N6O.HI/c1-3-23-22(27-12-10-18(16-27)19-14-25-26(2)15-19)24-13-17-6-8-20(9-7-17)28-11-4-5-21(28)29;/h6-9,14-15,18H,3-5,10-13,16H2,1-2H3,(H,23,24);1H. The maximum absolute atomic E-state index is 11.9. The highest BCUT2D eigenvalue weighted by atomic mass is 127. The van der Waals surface area contributed by atoms with Gasteiger partial charge in [0.1, 0.15) is 0 Å². The van der Waals surface area contributed by atoms with Crippen molar-refractivity contribution in [2.45, 2.75) is 38.6 Å². The molecule has 2 fully saturated rings. The van der Waals surface area contributed by atoms with Crippen molar-refractivity contribution in [2.75, 3.05) is 31.1 Å². The molecule has 0 radical (unpaired) electrons. The monoisotopic (exact) mass is 522 g/mol. The van der Waals surface area contributed by atoms with E-state index >= 15 is 0 Å². The van der Waals surface area contributed by atoms with E-state index in [9.17, 15) is 4.79 Å². The van der Waals surface area contributed by atoms with Gasteiger partial charge in [-0.25, -0.2) is 4.99 Å². The number of anilines is 1. The SMILES string of the molecule is CCNC(=NCc1ccc(N2CCCC2=O)cc1)N1CCC(c2cnn(C)c2)C1.I. The van der Waals surface area contributed by atoms with E-state index in [4.69, 9.17) is 4.99 Å². The number of aryl methyl sites for hydroxylation is 1. The lowest BCUT2D eigenvalue weighted by molar-refractivity contribution is -0.117. The van der Waals surface area contributed by atoms with Crippen molar-refractivity contribution < 1.29 is 4.79 Å². The molecule has 1 unspecified atom stereocenters. The third-order valence-electron chi connectivity index (χ3n) is 5.75. The number of aliphatic imine (C=N–C) groups is 1. The summed E-state index contributed by atoms with van der Waals surface area (Å²) < 4.78 is 1.87. The van der Waals surface area contributed by atoms with Gasteiger partial charge in [-0.2, -0.15) is 5.10 Å². The van der Waals surface area contributed by atoms with Gasteiger partial charge in [-0.15, -0.1) is 24.0 Å². The Labute approximate surface area is 195 Å². The minimum absolute atomic E-state index is 0. The second-order valence-corrected chi connectivity index (χ2v) is 7.86. The number of nitrogens with one attached hydrogen (secondary N) is 1. The molecule has 2 aliphatic rings. The van der Waals surface area contributed by atoms with Gasteiger partial charge in [-0.05, 0) is 43.0 Å². The van der Waals surface area contributed by atoms with E-state index in [1.807, 2.05) is 35.0 Å².